The van der Waals surface area contributed by atoms with Crippen LogP contribution in [0.15, 0.2) is 48.3 Å². The normalized spacial score (nSPS) is 11.0. The van der Waals surface area contributed by atoms with Gasteiger partial charge in [-0.15, -0.1) is 0 Å². The third kappa shape index (κ3) is 4.09. The fourth-order valence-corrected chi connectivity index (χ4v) is 1.03. The molecule has 2 nitrogen and oxygen atoms in total. The fourth-order valence-electron chi connectivity index (χ4n) is 1.03. The van der Waals surface area contributed by atoms with Gasteiger partial charge in [-0.3, -0.25) is 0 Å². The Morgan fingerprint density at radius 2 is 2.06 bits per heavy atom. The van der Waals surface area contributed by atoms with E-state index in [1.54, 1.807) is 24.3 Å². The van der Waals surface area contributed by atoms with Gasteiger partial charge in [-0.25, -0.2) is 9.18 Å². The molecule has 3 heteroatoms. The Morgan fingerprint density at radius 1 is 1.44 bits per heavy atom. The highest BCUT2D eigenvalue weighted by Gasteiger charge is 2.04. The van der Waals surface area contributed by atoms with Crippen LogP contribution in [-0.2, 0) is 9.53 Å². The van der Waals surface area contributed by atoms with Crippen molar-refractivity contribution in [1.29, 1.82) is 0 Å². The Bertz CT molecular complexity index is 407. The average Bonchev–Trinajstić information content (AvgIpc) is 2.27. The van der Waals surface area contributed by atoms with Gasteiger partial charge in [0, 0.05) is 5.57 Å². The summed E-state index contributed by atoms with van der Waals surface area (Å²) in [5, 5.41) is 0. The first-order chi connectivity index (χ1) is 7.59. The van der Waals surface area contributed by atoms with Gasteiger partial charge in [0.1, 0.15) is 12.4 Å². The smallest absolute Gasteiger partial charge is 0.333 e. The summed E-state index contributed by atoms with van der Waals surface area (Å²) >= 11 is 0. The van der Waals surface area contributed by atoms with Crippen LogP contribution < -0.4 is 0 Å². The van der Waals surface area contributed by atoms with Crippen molar-refractivity contribution >= 4 is 12.0 Å². The molecule has 1 rings (SSSR count). The zero-order chi connectivity index (χ0) is 12.0. The molecule has 0 N–H and O–H groups in total. The Morgan fingerprint density at radius 3 is 2.62 bits per heavy atom. The van der Waals surface area contributed by atoms with E-state index >= 15 is 0 Å². The second-order valence-corrected chi connectivity index (χ2v) is 3.36. The molecule has 0 aliphatic carbocycles. The molecule has 84 valence electrons. The molecule has 0 aliphatic heterocycles. The summed E-state index contributed by atoms with van der Waals surface area (Å²) in [5.74, 6) is -1.09. The van der Waals surface area contributed by atoms with Crippen LogP contribution in [0, 0.1) is 0 Å². The van der Waals surface area contributed by atoms with Crippen molar-refractivity contribution in [2.45, 2.75) is 6.92 Å². The molecular formula is C13H13FO2. The second kappa shape index (κ2) is 5.85. The summed E-state index contributed by atoms with van der Waals surface area (Å²) in [6.45, 7) is 4.56. The third-order valence-corrected chi connectivity index (χ3v) is 1.81. The fraction of sp³-hybridized carbons (Fsp3) is 0.154. The van der Waals surface area contributed by atoms with E-state index in [4.69, 9.17) is 0 Å². The Kier molecular flexibility index (Phi) is 4.45. The molecule has 0 heterocycles. The number of esters is 1. The minimum Gasteiger partial charge on any atom is -0.455 e. The Labute approximate surface area is 94.0 Å². The number of benzene rings is 1. The minimum atomic E-state index is -0.586. The van der Waals surface area contributed by atoms with Gasteiger partial charge < -0.3 is 4.74 Å². The standard InChI is InChI=1S/C13H13FO2/c1-10(2)13(15)16-9-12(14)8-11-6-4-3-5-7-11/h3-8H,1,9H2,2H3. The third-order valence-electron chi connectivity index (χ3n) is 1.81. The molecule has 0 aliphatic rings. The maximum absolute atomic E-state index is 13.3. The quantitative estimate of drug-likeness (QED) is 0.575. The number of hydrogen-bond donors (Lipinski definition) is 0. The highest BCUT2D eigenvalue weighted by Crippen LogP contribution is 2.08. The summed E-state index contributed by atoms with van der Waals surface area (Å²) < 4.78 is 17.9. The zero-order valence-corrected chi connectivity index (χ0v) is 9.07. The first-order valence-corrected chi connectivity index (χ1v) is 4.83. The first kappa shape index (κ1) is 12.2. The Balaban J connectivity index is 2.53. The lowest BCUT2D eigenvalue weighted by Gasteiger charge is -2.02. The molecule has 0 unspecified atom stereocenters. The summed E-state index contributed by atoms with van der Waals surface area (Å²) in [6.07, 6.45) is 1.33. The minimum absolute atomic E-state index is 0.257. The number of carbonyl (C=O) groups excluding carboxylic acids is 1. The van der Waals surface area contributed by atoms with Gasteiger partial charge in [0.15, 0.2) is 0 Å². The van der Waals surface area contributed by atoms with E-state index in [1.807, 2.05) is 6.07 Å². The molecule has 0 aromatic heterocycles. The molecule has 1 aromatic rings. The molecule has 0 fully saturated rings. The van der Waals surface area contributed by atoms with Gasteiger partial charge in [-0.2, -0.15) is 0 Å². The largest absolute Gasteiger partial charge is 0.455 e. The maximum Gasteiger partial charge on any atom is 0.333 e. The van der Waals surface area contributed by atoms with Crippen molar-refractivity contribution in [3.05, 3.63) is 53.9 Å². The zero-order valence-electron chi connectivity index (χ0n) is 9.07. The predicted octanol–water partition coefficient (Wildman–Crippen LogP) is 3.12. The highest BCUT2D eigenvalue weighted by atomic mass is 19.1. The van der Waals surface area contributed by atoms with Gasteiger partial charge in [-0.05, 0) is 18.6 Å². The molecule has 0 spiro atoms. The molecule has 0 saturated heterocycles. The molecular weight excluding hydrogens is 207 g/mol. The van der Waals surface area contributed by atoms with Crippen molar-refractivity contribution in [3.8, 4) is 0 Å². The molecule has 0 bridgehead atoms. The first-order valence-electron chi connectivity index (χ1n) is 4.83. The lowest BCUT2D eigenvalue weighted by atomic mass is 10.2. The molecule has 0 saturated carbocycles. The summed E-state index contributed by atoms with van der Waals surface area (Å²) in [5.41, 5.74) is 0.985. The lowest BCUT2D eigenvalue weighted by Crippen LogP contribution is -2.06. The predicted molar refractivity (Wildman–Crippen MR) is 61.3 cm³/mol. The molecule has 0 amide bonds. The molecule has 16 heavy (non-hydrogen) atoms. The molecule has 1 aromatic carbocycles. The monoisotopic (exact) mass is 220 g/mol. The second-order valence-electron chi connectivity index (χ2n) is 3.36. The van der Waals surface area contributed by atoms with Crippen molar-refractivity contribution in [1.82, 2.24) is 0 Å². The maximum atomic E-state index is 13.3. The summed E-state index contributed by atoms with van der Waals surface area (Å²) in [4.78, 5) is 11.0. The number of ether oxygens (including phenoxy) is 1. The van der Waals surface area contributed by atoms with Crippen LogP contribution in [0.2, 0.25) is 0 Å². The van der Waals surface area contributed by atoms with Gasteiger partial charge in [0.25, 0.3) is 0 Å². The topological polar surface area (TPSA) is 26.3 Å². The van der Waals surface area contributed by atoms with Crippen molar-refractivity contribution < 1.29 is 13.9 Å². The van der Waals surface area contributed by atoms with Crippen molar-refractivity contribution in [2.75, 3.05) is 6.61 Å². The van der Waals surface area contributed by atoms with Crippen LogP contribution in [-0.4, -0.2) is 12.6 Å². The van der Waals surface area contributed by atoms with Crippen LogP contribution in [0.4, 0.5) is 4.39 Å². The van der Waals surface area contributed by atoms with Gasteiger partial charge >= 0.3 is 5.97 Å². The Hall–Kier alpha value is -1.90. The summed E-state index contributed by atoms with van der Waals surface area (Å²) in [7, 11) is 0. The van der Waals surface area contributed by atoms with E-state index in [-0.39, 0.29) is 12.2 Å². The van der Waals surface area contributed by atoms with E-state index in [2.05, 4.69) is 11.3 Å². The van der Waals surface area contributed by atoms with Crippen molar-refractivity contribution in [3.63, 3.8) is 0 Å². The average molecular weight is 220 g/mol. The SMILES string of the molecule is C=C(C)C(=O)OCC(F)=Cc1ccccc1. The number of rotatable bonds is 4. The summed E-state index contributed by atoms with van der Waals surface area (Å²) in [6, 6.07) is 8.98. The van der Waals surface area contributed by atoms with Crippen molar-refractivity contribution in [2.24, 2.45) is 0 Å². The van der Waals surface area contributed by atoms with E-state index in [0.29, 0.717) is 0 Å². The van der Waals surface area contributed by atoms with Crippen LogP contribution in [0.3, 0.4) is 0 Å². The van der Waals surface area contributed by atoms with Crippen LogP contribution in [0.25, 0.3) is 6.08 Å². The van der Waals surface area contributed by atoms with E-state index in [0.717, 1.165) is 5.56 Å². The number of carbonyl (C=O) groups is 1. The highest BCUT2D eigenvalue weighted by molar-refractivity contribution is 5.87. The van der Waals surface area contributed by atoms with Gasteiger partial charge in [-0.1, -0.05) is 36.9 Å². The van der Waals surface area contributed by atoms with Crippen LogP contribution in [0.5, 0.6) is 0 Å². The van der Waals surface area contributed by atoms with Gasteiger partial charge in [0.2, 0.25) is 0 Å². The lowest BCUT2D eigenvalue weighted by molar-refractivity contribution is -0.138. The van der Waals surface area contributed by atoms with E-state index in [9.17, 15) is 9.18 Å². The van der Waals surface area contributed by atoms with Gasteiger partial charge in [0.05, 0.1) is 0 Å². The molecule has 0 atom stereocenters. The molecule has 0 radical (unpaired) electrons. The van der Waals surface area contributed by atoms with Crippen LogP contribution >= 0.6 is 0 Å². The van der Waals surface area contributed by atoms with E-state index < -0.39 is 11.8 Å². The van der Waals surface area contributed by atoms with E-state index in [1.165, 1.54) is 13.0 Å². The number of hydrogen-bond acceptors (Lipinski definition) is 2. The number of halogens is 1. The van der Waals surface area contributed by atoms with Crippen LogP contribution in [0.1, 0.15) is 12.5 Å².